The zero-order chi connectivity index (χ0) is 33.9. The van der Waals surface area contributed by atoms with Crippen LogP contribution in [0.25, 0.3) is 20.2 Å². The highest BCUT2D eigenvalue weighted by molar-refractivity contribution is 7.22. The van der Waals surface area contributed by atoms with Crippen molar-refractivity contribution < 1.29 is 19.4 Å². The minimum atomic E-state index is -0.522. The Morgan fingerprint density at radius 1 is 0.792 bits per heavy atom. The summed E-state index contributed by atoms with van der Waals surface area (Å²) in [6.07, 6.45) is 0.353. The lowest BCUT2D eigenvalue weighted by molar-refractivity contribution is -0.384. The van der Waals surface area contributed by atoms with Crippen molar-refractivity contribution in [1.82, 2.24) is 0 Å². The maximum atomic E-state index is 14.6. The molecule has 0 unspecified atom stereocenters. The molecule has 2 atom stereocenters. The average molecular weight is 718 g/mol. The van der Waals surface area contributed by atoms with Crippen molar-refractivity contribution in [3.8, 4) is 0 Å². The lowest BCUT2D eigenvalue weighted by Crippen LogP contribution is -2.47. The van der Waals surface area contributed by atoms with Crippen LogP contribution in [0, 0.1) is 20.2 Å². The first kappa shape index (κ1) is 31.7. The minimum absolute atomic E-state index is 0.0958. The van der Waals surface area contributed by atoms with Crippen molar-refractivity contribution in [3.63, 3.8) is 0 Å². The monoisotopic (exact) mass is 716 g/mol. The van der Waals surface area contributed by atoms with E-state index >= 15 is 0 Å². The Kier molecular flexibility index (Phi) is 8.12. The van der Waals surface area contributed by atoms with Crippen molar-refractivity contribution in [1.29, 1.82) is 0 Å². The van der Waals surface area contributed by atoms with Crippen LogP contribution < -0.4 is 9.80 Å². The van der Waals surface area contributed by atoms with Gasteiger partial charge in [0.05, 0.1) is 25.9 Å². The van der Waals surface area contributed by atoms with E-state index in [9.17, 15) is 29.8 Å². The Balaban J connectivity index is 1.32. The van der Waals surface area contributed by atoms with Crippen LogP contribution in [0.1, 0.15) is 44.3 Å². The highest BCUT2D eigenvalue weighted by Gasteiger charge is 2.41. The topological polar surface area (TPSA) is 127 Å². The maximum Gasteiger partial charge on any atom is 0.270 e. The number of nitro benzene ring substituents is 2. The third-order valence-corrected chi connectivity index (χ3v) is 11.7. The summed E-state index contributed by atoms with van der Waals surface area (Å²) in [5.74, 6) is -0.732. The van der Waals surface area contributed by atoms with Gasteiger partial charge in [-0.3, -0.25) is 34.7 Å². The Labute approximate surface area is 290 Å². The molecule has 0 bridgehead atoms. The Bertz CT molecular complexity index is 2310. The zero-order valence-electron chi connectivity index (χ0n) is 24.8. The van der Waals surface area contributed by atoms with Gasteiger partial charge in [-0.25, -0.2) is 0 Å². The zero-order valence-corrected chi connectivity index (χ0v) is 28.0. The van der Waals surface area contributed by atoms with E-state index in [1.807, 2.05) is 61.5 Å². The van der Waals surface area contributed by atoms with Gasteiger partial charge < -0.3 is 4.90 Å². The number of rotatable bonds is 6. The number of carbonyl (C=O) groups excluding carboxylic acids is 2. The van der Waals surface area contributed by atoms with Gasteiger partial charge in [0.25, 0.3) is 23.2 Å². The van der Waals surface area contributed by atoms with E-state index in [4.69, 9.17) is 23.2 Å². The number of para-hydroxylation sites is 2. The van der Waals surface area contributed by atoms with Crippen molar-refractivity contribution in [2.75, 3.05) is 9.80 Å². The number of fused-ring (bicyclic) bond motifs is 3. The molecule has 240 valence electrons. The molecule has 2 amide bonds. The van der Waals surface area contributed by atoms with Gasteiger partial charge >= 0.3 is 0 Å². The third-order valence-electron chi connectivity index (χ3n) is 8.38. The lowest BCUT2D eigenvalue weighted by Gasteiger charge is -2.43. The molecule has 14 heteroatoms. The summed E-state index contributed by atoms with van der Waals surface area (Å²) >= 11 is 15.7. The molecule has 48 heavy (non-hydrogen) atoms. The first-order valence-corrected chi connectivity index (χ1v) is 17.0. The van der Waals surface area contributed by atoms with Gasteiger partial charge in [0.1, 0.15) is 9.75 Å². The van der Waals surface area contributed by atoms with Gasteiger partial charge in [-0.05, 0) is 49.2 Å². The smallest absolute Gasteiger partial charge is 0.270 e. The normalized spacial score (nSPS) is 15.8. The van der Waals surface area contributed by atoms with Gasteiger partial charge in [-0.15, -0.1) is 22.7 Å². The molecule has 4 aromatic carbocycles. The van der Waals surface area contributed by atoms with E-state index in [-0.39, 0.29) is 43.0 Å². The number of halogens is 2. The third kappa shape index (κ3) is 5.27. The van der Waals surface area contributed by atoms with Crippen LogP contribution in [-0.4, -0.2) is 27.7 Å². The average Bonchev–Trinajstić information content (AvgIpc) is 3.60. The molecule has 1 aliphatic rings. The van der Waals surface area contributed by atoms with Gasteiger partial charge in [0.15, 0.2) is 0 Å². The second kappa shape index (κ2) is 12.3. The fourth-order valence-electron chi connectivity index (χ4n) is 6.19. The molecular formula is C34H22Cl2N4O6S2. The second-order valence-electron chi connectivity index (χ2n) is 11.2. The van der Waals surface area contributed by atoms with E-state index in [0.29, 0.717) is 38.0 Å². The molecule has 10 nitrogen and oxygen atoms in total. The van der Waals surface area contributed by atoms with E-state index in [1.165, 1.54) is 24.3 Å². The van der Waals surface area contributed by atoms with E-state index < -0.39 is 21.9 Å². The predicted octanol–water partition coefficient (Wildman–Crippen LogP) is 10.1. The predicted molar refractivity (Wildman–Crippen MR) is 190 cm³/mol. The van der Waals surface area contributed by atoms with Crippen LogP contribution in [0.15, 0.2) is 91.0 Å². The highest BCUT2D eigenvalue weighted by atomic mass is 35.5. The first-order chi connectivity index (χ1) is 23.0. The first-order valence-electron chi connectivity index (χ1n) is 14.6. The van der Waals surface area contributed by atoms with Crippen LogP contribution in [-0.2, 0) is 0 Å². The lowest BCUT2D eigenvalue weighted by atomic mass is 9.89. The number of anilines is 2. The number of amides is 2. The molecule has 3 heterocycles. The summed E-state index contributed by atoms with van der Waals surface area (Å²) in [5, 5.41) is 24.3. The fourth-order valence-corrected chi connectivity index (χ4v) is 9.16. The summed E-state index contributed by atoms with van der Waals surface area (Å²) in [4.78, 5) is 54.5. The van der Waals surface area contributed by atoms with Crippen LogP contribution >= 0.6 is 45.9 Å². The second-order valence-corrected chi connectivity index (χ2v) is 14.1. The molecule has 0 saturated carbocycles. The van der Waals surface area contributed by atoms with Gasteiger partial charge in [0, 0.05) is 61.9 Å². The maximum absolute atomic E-state index is 14.6. The van der Waals surface area contributed by atoms with Crippen molar-refractivity contribution in [2.45, 2.75) is 25.4 Å². The molecule has 0 spiro atoms. The van der Waals surface area contributed by atoms with Crippen LogP contribution in [0.4, 0.5) is 22.7 Å². The molecule has 6 aromatic rings. The number of nitrogens with zero attached hydrogens (tertiary/aromatic N) is 4. The summed E-state index contributed by atoms with van der Waals surface area (Å²) in [6, 6.07) is 24.2. The SMILES string of the molecule is C[C@H]1C[C@H](N(C(=O)c2sc3cc([N+](=O)[O-])ccc3c2Cl)c2ccccc2)c2ccccc2N1C(=O)c1sc2cc([N+](=O)[O-])ccc2c1Cl. The number of carbonyl (C=O) groups is 2. The van der Waals surface area contributed by atoms with E-state index in [2.05, 4.69) is 0 Å². The van der Waals surface area contributed by atoms with Crippen molar-refractivity contribution >= 4 is 101 Å². The minimum Gasteiger partial charge on any atom is -0.304 e. The van der Waals surface area contributed by atoms with Crippen LogP contribution in [0.3, 0.4) is 0 Å². The molecule has 7 rings (SSSR count). The van der Waals surface area contributed by atoms with Crippen LogP contribution in [0.5, 0.6) is 0 Å². The number of non-ortho nitro benzene ring substituents is 2. The number of thiophene rings is 2. The molecule has 0 saturated heterocycles. The number of hydrogen-bond donors (Lipinski definition) is 0. The fraction of sp³-hybridized carbons (Fsp3) is 0.118. The summed E-state index contributed by atoms with van der Waals surface area (Å²) in [6.45, 7) is 1.89. The Morgan fingerprint density at radius 3 is 1.94 bits per heavy atom. The van der Waals surface area contributed by atoms with Gasteiger partial charge in [-0.1, -0.05) is 59.6 Å². The molecule has 0 aliphatic carbocycles. The number of hydrogen-bond acceptors (Lipinski definition) is 8. The molecule has 2 aromatic heterocycles. The summed E-state index contributed by atoms with van der Waals surface area (Å²) < 4.78 is 1.05. The highest BCUT2D eigenvalue weighted by Crippen LogP contribution is 2.47. The Hall–Kier alpha value is -4.88. The van der Waals surface area contributed by atoms with Crippen molar-refractivity contribution in [2.24, 2.45) is 0 Å². The summed E-state index contributed by atoms with van der Waals surface area (Å²) in [5.41, 5.74) is 1.74. The van der Waals surface area contributed by atoms with Crippen molar-refractivity contribution in [3.05, 3.63) is 137 Å². The number of benzene rings is 4. The summed E-state index contributed by atoms with van der Waals surface area (Å²) in [7, 11) is 0. The Morgan fingerprint density at radius 2 is 1.33 bits per heavy atom. The molecular weight excluding hydrogens is 695 g/mol. The largest absolute Gasteiger partial charge is 0.304 e. The number of nitro groups is 2. The molecule has 0 radical (unpaired) electrons. The van der Waals surface area contributed by atoms with E-state index in [0.717, 1.165) is 28.2 Å². The quantitative estimate of drug-likeness (QED) is 0.125. The standard InChI is InChI=1S/C34H22Cl2N4O6S2/c1-18-15-26(38(19-7-3-2-4-8-19)34(42)32-30(36)24-14-12-21(40(45)46)17-28(24)48-32)22-9-5-6-10-25(22)37(18)33(41)31-29(35)23-13-11-20(39(43)44)16-27(23)47-31/h2-14,16-18,26H,15H2,1H3/t18-,26-/m0/s1. The molecule has 0 N–H and O–H groups in total. The van der Waals surface area contributed by atoms with Gasteiger partial charge in [0.2, 0.25) is 0 Å². The van der Waals surface area contributed by atoms with E-state index in [1.54, 1.807) is 21.9 Å². The molecule has 1 aliphatic heterocycles. The van der Waals surface area contributed by atoms with Gasteiger partial charge in [-0.2, -0.15) is 0 Å². The molecule has 0 fully saturated rings. The van der Waals surface area contributed by atoms with Crippen LogP contribution in [0.2, 0.25) is 10.0 Å².